The summed E-state index contributed by atoms with van der Waals surface area (Å²) in [6, 6.07) is 0. The highest BCUT2D eigenvalue weighted by atomic mass is 19.3. The fourth-order valence-corrected chi connectivity index (χ4v) is 2.17. The molecule has 0 heterocycles. The third-order valence-electron chi connectivity index (χ3n) is 2.78. The van der Waals surface area contributed by atoms with Crippen LogP contribution in [0.1, 0.15) is 40.0 Å². The highest BCUT2D eigenvalue weighted by Gasteiger charge is 2.58. The first-order valence-electron chi connectivity index (χ1n) is 4.81. The number of rotatable bonds is 2. The van der Waals surface area contributed by atoms with Crippen molar-refractivity contribution in [3.05, 3.63) is 0 Å². The molecule has 2 unspecified atom stereocenters. The SMILES string of the molecule is CC(C)CC1CC(C)(F)C(F)(F)C1. The normalized spacial score (nSPS) is 38.5. The Morgan fingerprint density at radius 1 is 1.23 bits per heavy atom. The lowest BCUT2D eigenvalue weighted by atomic mass is 9.94. The van der Waals surface area contributed by atoms with Crippen molar-refractivity contribution in [3.63, 3.8) is 0 Å². The zero-order chi connectivity index (χ0) is 10.3. The van der Waals surface area contributed by atoms with Crippen LogP contribution in [0.3, 0.4) is 0 Å². The lowest BCUT2D eigenvalue weighted by Crippen LogP contribution is -2.35. The summed E-state index contributed by atoms with van der Waals surface area (Å²) in [4.78, 5) is 0. The molecule has 13 heavy (non-hydrogen) atoms. The Hall–Kier alpha value is -0.210. The van der Waals surface area contributed by atoms with Gasteiger partial charge in [-0.2, -0.15) is 0 Å². The number of hydrogen-bond donors (Lipinski definition) is 0. The Balaban J connectivity index is 2.60. The van der Waals surface area contributed by atoms with Gasteiger partial charge < -0.3 is 0 Å². The van der Waals surface area contributed by atoms with Crippen molar-refractivity contribution in [3.8, 4) is 0 Å². The first-order valence-corrected chi connectivity index (χ1v) is 4.81. The summed E-state index contributed by atoms with van der Waals surface area (Å²) >= 11 is 0. The van der Waals surface area contributed by atoms with Gasteiger partial charge in [0.1, 0.15) is 0 Å². The maximum atomic E-state index is 13.3. The highest BCUT2D eigenvalue weighted by Crippen LogP contribution is 2.50. The Bertz CT molecular complexity index is 169. The fraction of sp³-hybridized carbons (Fsp3) is 1.00. The molecule has 3 heteroatoms. The molecule has 0 aromatic rings. The summed E-state index contributed by atoms with van der Waals surface area (Å²) in [5.41, 5.74) is -2.29. The molecule has 1 fully saturated rings. The summed E-state index contributed by atoms with van der Waals surface area (Å²) in [6.07, 6.45) is 0.436. The van der Waals surface area contributed by atoms with Gasteiger partial charge in [0, 0.05) is 6.42 Å². The molecule has 0 aliphatic heterocycles. The largest absolute Gasteiger partial charge is 0.281 e. The highest BCUT2D eigenvalue weighted by molar-refractivity contribution is 4.99. The van der Waals surface area contributed by atoms with Gasteiger partial charge in [0.05, 0.1) is 0 Å². The van der Waals surface area contributed by atoms with Crippen LogP contribution in [0, 0.1) is 11.8 Å². The second kappa shape index (κ2) is 3.18. The molecule has 0 bridgehead atoms. The van der Waals surface area contributed by atoms with Crippen molar-refractivity contribution in [2.24, 2.45) is 11.8 Å². The monoisotopic (exact) mass is 194 g/mol. The molecular weight excluding hydrogens is 177 g/mol. The van der Waals surface area contributed by atoms with E-state index in [-0.39, 0.29) is 18.8 Å². The fourth-order valence-electron chi connectivity index (χ4n) is 2.17. The minimum atomic E-state index is -3.12. The Morgan fingerprint density at radius 3 is 2.08 bits per heavy atom. The van der Waals surface area contributed by atoms with Crippen LogP contribution in [0.15, 0.2) is 0 Å². The molecular formula is C10H17F3. The van der Waals surface area contributed by atoms with E-state index in [4.69, 9.17) is 0 Å². The predicted molar refractivity (Wildman–Crippen MR) is 46.6 cm³/mol. The van der Waals surface area contributed by atoms with Gasteiger partial charge in [-0.25, -0.2) is 13.2 Å². The van der Waals surface area contributed by atoms with E-state index < -0.39 is 11.6 Å². The van der Waals surface area contributed by atoms with Gasteiger partial charge >= 0.3 is 0 Å². The number of halogens is 3. The van der Waals surface area contributed by atoms with Crippen molar-refractivity contribution in [1.82, 2.24) is 0 Å². The van der Waals surface area contributed by atoms with Gasteiger partial charge in [-0.15, -0.1) is 0 Å². The molecule has 0 spiro atoms. The van der Waals surface area contributed by atoms with E-state index in [1.165, 1.54) is 0 Å². The van der Waals surface area contributed by atoms with E-state index in [1.807, 2.05) is 13.8 Å². The van der Waals surface area contributed by atoms with Crippen LogP contribution in [0.2, 0.25) is 0 Å². The number of hydrogen-bond acceptors (Lipinski definition) is 0. The van der Waals surface area contributed by atoms with E-state index in [1.54, 1.807) is 0 Å². The maximum Gasteiger partial charge on any atom is 0.281 e. The van der Waals surface area contributed by atoms with Gasteiger partial charge in [0.15, 0.2) is 5.67 Å². The predicted octanol–water partition coefficient (Wildman–Crippen LogP) is 3.81. The second-order valence-electron chi connectivity index (χ2n) is 4.81. The molecule has 0 aromatic heterocycles. The molecule has 0 N–H and O–H groups in total. The van der Waals surface area contributed by atoms with Gasteiger partial charge in [-0.3, -0.25) is 0 Å². The van der Waals surface area contributed by atoms with E-state index in [2.05, 4.69) is 0 Å². The van der Waals surface area contributed by atoms with Gasteiger partial charge in [0.2, 0.25) is 0 Å². The van der Waals surface area contributed by atoms with E-state index in [0.29, 0.717) is 12.3 Å². The first kappa shape index (κ1) is 10.9. The Morgan fingerprint density at radius 2 is 1.77 bits per heavy atom. The van der Waals surface area contributed by atoms with Crippen LogP contribution in [0.5, 0.6) is 0 Å². The topological polar surface area (TPSA) is 0 Å². The molecule has 0 saturated heterocycles. The first-order chi connectivity index (χ1) is 5.74. The maximum absolute atomic E-state index is 13.3. The molecule has 0 amide bonds. The zero-order valence-corrected chi connectivity index (χ0v) is 8.41. The van der Waals surface area contributed by atoms with Crippen LogP contribution in [-0.2, 0) is 0 Å². The third-order valence-corrected chi connectivity index (χ3v) is 2.78. The lowest BCUT2D eigenvalue weighted by Gasteiger charge is -2.21. The molecule has 0 radical (unpaired) electrons. The third kappa shape index (κ3) is 2.18. The van der Waals surface area contributed by atoms with E-state index in [9.17, 15) is 13.2 Å². The van der Waals surface area contributed by atoms with Gasteiger partial charge in [0.25, 0.3) is 5.92 Å². The minimum Gasteiger partial charge on any atom is -0.238 e. The van der Waals surface area contributed by atoms with Crippen LogP contribution in [0.25, 0.3) is 0 Å². The van der Waals surface area contributed by atoms with E-state index >= 15 is 0 Å². The van der Waals surface area contributed by atoms with E-state index in [0.717, 1.165) is 6.92 Å². The van der Waals surface area contributed by atoms with Crippen LogP contribution in [0.4, 0.5) is 13.2 Å². The van der Waals surface area contributed by atoms with Gasteiger partial charge in [-0.1, -0.05) is 13.8 Å². The Kier molecular flexibility index (Phi) is 2.65. The molecule has 2 atom stereocenters. The molecule has 1 aliphatic rings. The quantitative estimate of drug-likeness (QED) is 0.627. The average molecular weight is 194 g/mol. The van der Waals surface area contributed by atoms with Crippen molar-refractivity contribution >= 4 is 0 Å². The second-order valence-corrected chi connectivity index (χ2v) is 4.81. The smallest absolute Gasteiger partial charge is 0.238 e. The summed E-state index contributed by atoms with van der Waals surface area (Å²) in [6.45, 7) is 4.98. The zero-order valence-electron chi connectivity index (χ0n) is 8.41. The average Bonchev–Trinajstić information content (AvgIpc) is 1.98. The molecule has 0 aromatic carbocycles. The summed E-state index contributed by atoms with van der Waals surface area (Å²) < 4.78 is 39.4. The molecule has 1 aliphatic carbocycles. The standard InChI is InChI=1S/C10H17F3/c1-7(2)4-8-5-9(3,11)10(12,13)6-8/h7-8H,4-6H2,1-3H3. The van der Waals surface area contributed by atoms with Crippen LogP contribution >= 0.6 is 0 Å². The van der Waals surface area contributed by atoms with Crippen molar-refractivity contribution in [2.75, 3.05) is 0 Å². The van der Waals surface area contributed by atoms with Crippen LogP contribution < -0.4 is 0 Å². The van der Waals surface area contributed by atoms with Crippen molar-refractivity contribution < 1.29 is 13.2 Å². The van der Waals surface area contributed by atoms with Gasteiger partial charge in [-0.05, 0) is 31.6 Å². The summed E-state index contributed by atoms with van der Waals surface area (Å²) in [5.74, 6) is -2.90. The Labute approximate surface area is 77.5 Å². The number of alkyl halides is 3. The molecule has 78 valence electrons. The minimum absolute atomic E-state index is 0.0121. The molecule has 1 saturated carbocycles. The van der Waals surface area contributed by atoms with Crippen molar-refractivity contribution in [1.29, 1.82) is 0 Å². The molecule has 0 nitrogen and oxygen atoms in total. The summed E-state index contributed by atoms with van der Waals surface area (Å²) in [5, 5.41) is 0. The van der Waals surface area contributed by atoms with Crippen molar-refractivity contribution in [2.45, 2.75) is 51.6 Å². The summed E-state index contributed by atoms with van der Waals surface area (Å²) in [7, 11) is 0. The van der Waals surface area contributed by atoms with Crippen LogP contribution in [-0.4, -0.2) is 11.6 Å². The molecule has 1 rings (SSSR count). The lowest BCUT2D eigenvalue weighted by molar-refractivity contribution is -0.105.